The molecule has 148 valence electrons. The monoisotopic (exact) mass is 404 g/mol. The summed E-state index contributed by atoms with van der Waals surface area (Å²) >= 11 is 0. The van der Waals surface area contributed by atoms with Crippen molar-refractivity contribution in [2.45, 2.75) is 37.9 Å². The highest BCUT2D eigenvalue weighted by Crippen LogP contribution is 2.28. The van der Waals surface area contributed by atoms with E-state index in [0.717, 1.165) is 11.6 Å². The molecular weight excluding hydrogens is 383 g/mol. The highest BCUT2D eigenvalue weighted by Gasteiger charge is 2.31. The summed E-state index contributed by atoms with van der Waals surface area (Å²) in [7, 11) is -4.29. The van der Waals surface area contributed by atoms with E-state index in [2.05, 4.69) is 9.97 Å². The average Bonchev–Trinajstić information content (AvgIpc) is 3.02. The van der Waals surface area contributed by atoms with Gasteiger partial charge in [-0.15, -0.1) is 0 Å². The van der Waals surface area contributed by atoms with Gasteiger partial charge in [-0.05, 0) is 29.7 Å². The van der Waals surface area contributed by atoms with Crippen molar-refractivity contribution in [1.29, 1.82) is 0 Å². The summed E-state index contributed by atoms with van der Waals surface area (Å²) in [6.45, 7) is 3.92. The number of aromatic nitrogens is 3. The predicted molar refractivity (Wildman–Crippen MR) is 102 cm³/mol. The fourth-order valence-corrected chi connectivity index (χ4v) is 4.23. The van der Waals surface area contributed by atoms with Crippen LogP contribution in [0.5, 0.6) is 5.75 Å². The van der Waals surface area contributed by atoms with Crippen molar-refractivity contribution >= 4 is 10.1 Å². The first-order valence-electron chi connectivity index (χ1n) is 8.70. The second-order valence-corrected chi connectivity index (χ2v) is 7.98. The number of rotatable bonds is 7. The fourth-order valence-electron chi connectivity index (χ4n) is 2.82. The molecule has 9 heteroatoms. The SMILES string of the molecule is CC(C)c1nc(CN)n(Cc2cccnc2)c1S(=O)(=O)Oc1cccc(F)c1. The van der Waals surface area contributed by atoms with E-state index in [-0.39, 0.29) is 29.8 Å². The van der Waals surface area contributed by atoms with E-state index >= 15 is 0 Å². The van der Waals surface area contributed by atoms with E-state index in [9.17, 15) is 12.8 Å². The van der Waals surface area contributed by atoms with Gasteiger partial charge in [0.2, 0.25) is 0 Å². The Hall–Kier alpha value is -2.78. The molecule has 0 bridgehead atoms. The Morgan fingerprint density at radius 1 is 1.25 bits per heavy atom. The first-order chi connectivity index (χ1) is 13.3. The van der Waals surface area contributed by atoms with Gasteiger partial charge < -0.3 is 14.5 Å². The predicted octanol–water partition coefficient (Wildman–Crippen LogP) is 2.82. The van der Waals surface area contributed by atoms with Gasteiger partial charge in [0.05, 0.1) is 18.8 Å². The van der Waals surface area contributed by atoms with Crippen molar-refractivity contribution in [1.82, 2.24) is 14.5 Å². The first kappa shape index (κ1) is 20.0. The molecule has 0 spiro atoms. The standard InChI is InChI=1S/C19H21FN4O3S/c1-13(2)18-19(28(25,26)27-16-7-3-6-15(20)9-16)24(17(10-21)23-18)12-14-5-4-8-22-11-14/h3-9,11,13H,10,12,21H2,1-2H3. The summed E-state index contributed by atoms with van der Waals surface area (Å²) in [5.41, 5.74) is 6.95. The van der Waals surface area contributed by atoms with Gasteiger partial charge in [-0.3, -0.25) is 4.98 Å². The van der Waals surface area contributed by atoms with Crippen LogP contribution < -0.4 is 9.92 Å². The van der Waals surface area contributed by atoms with Crippen molar-refractivity contribution in [2.24, 2.45) is 5.73 Å². The maximum absolute atomic E-state index is 13.5. The normalized spacial score (nSPS) is 11.8. The molecule has 0 saturated carbocycles. The maximum atomic E-state index is 13.5. The Balaban J connectivity index is 2.12. The highest BCUT2D eigenvalue weighted by atomic mass is 32.2. The van der Waals surface area contributed by atoms with Gasteiger partial charge >= 0.3 is 10.1 Å². The molecule has 28 heavy (non-hydrogen) atoms. The number of halogens is 1. The Morgan fingerprint density at radius 2 is 2.04 bits per heavy atom. The van der Waals surface area contributed by atoms with Crippen molar-refractivity contribution < 1.29 is 17.0 Å². The third-order valence-electron chi connectivity index (χ3n) is 4.06. The third-order valence-corrected chi connectivity index (χ3v) is 5.37. The Bertz CT molecular complexity index is 1070. The summed E-state index contributed by atoms with van der Waals surface area (Å²) in [4.78, 5) is 8.49. The number of hydrogen-bond donors (Lipinski definition) is 1. The molecule has 2 heterocycles. The molecule has 2 N–H and O–H groups in total. The molecule has 0 unspecified atom stereocenters. The molecule has 0 atom stereocenters. The van der Waals surface area contributed by atoms with Gasteiger partial charge in [-0.25, -0.2) is 9.37 Å². The summed E-state index contributed by atoms with van der Waals surface area (Å²) in [5.74, 6) is -0.489. The van der Waals surface area contributed by atoms with Crippen LogP contribution in [0.4, 0.5) is 4.39 Å². The average molecular weight is 404 g/mol. The Kier molecular flexibility index (Phi) is 5.76. The minimum atomic E-state index is -4.29. The molecule has 0 saturated heterocycles. The lowest BCUT2D eigenvalue weighted by Gasteiger charge is -2.14. The van der Waals surface area contributed by atoms with Crippen LogP contribution in [0, 0.1) is 5.82 Å². The highest BCUT2D eigenvalue weighted by molar-refractivity contribution is 7.87. The van der Waals surface area contributed by atoms with Crippen LogP contribution in [0.15, 0.2) is 53.8 Å². The molecule has 0 aliphatic carbocycles. The van der Waals surface area contributed by atoms with Crippen LogP contribution in [0.3, 0.4) is 0 Å². The second kappa shape index (κ2) is 8.07. The van der Waals surface area contributed by atoms with Gasteiger partial charge in [0, 0.05) is 18.5 Å². The van der Waals surface area contributed by atoms with E-state index in [1.54, 1.807) is 18.5 Å². The lowest BCUT2D eigenvalue weighted by atomic mass is 10.1. The van der Waals surface area contributed by atoms with E-state index in [0.29, 0.717) is 11.5 Å². The van der Waals surface area contributed by atoms with Crippen molar-refractivity contribution in [2.75, 3.05) is 0 Å². The van der Waals surface area contributed by atoms with Crippen LogP contribution in [0.1, 0.15) is 36.8 Å². The van der Waals surface area contributed by atoms with Gasteiger partial charge in [-0.1, -0.05) is 26.0 Å². The van der Waals surface area contributed by atoms with E-state index in [1.165, 1.54) is 22.8 Å². The number of nitrogens with two attached hydrogens (primary N) is 1. The molecule has 3 aromatic rings. The van der Waals surface area contributed by atoms with Crippen LogP contribution in [-0.4, -0.2) is 23.0 Å². The zero-order valence-electron chi connectivity index (χ0n) is 15.5. The van der Waals surface area contributed by atoms with Crippen molar-refractivity contribution in [3.8, 4) is 5.75 Å². The summed E-state index contributed by atoms with van der Waals surface area (Å²) in [5, 5.41) is -0.0870. The number of benzene rings is 1. The number of pyridine rings is 1. The first-order valence-corrected chi connectivity index (χ1v) is 10.1. The molecule has 7 nitrogen and oxygen atoms in total. The Labute approximate surface area is 163 Å². The summed E-state index contributed by atoms with van der Waals surface area (Å²) < 4.78 is 46.4. The number of nitrogens with zero attached hydrogens (tertiary/aromatic N) is 3. The second-order valence-electron chi connectivity index (χ2n) is 6.52. The van der Waals surface area contributed by atoms with Crippen molar-refractivity contribution in [3.05, 3.63) is 71.7 Å². The van der Waals surface area contributed by atoms with Crippen LogP contribution in [0.25, 0.3) is 0 Å². The zero-order chi connectivity index (χ0) is 20.3. The molecule has 0 aliphatic rings. The van der Waals surface area contributed by atoms with Gasteiger partial charge in [-0.2, -0.15) is 8.42 Å². The quantitative estimate of drug-likeness (QED) is 0.608. The summed E-state index contributed by atoms with van der Waals surface area (Å²) in [6, 6.07) is 8.56. The lowest BCUT2D eigenvalue weighted by Crippen LogP contribution is -2.19. The van der Waals surface area contributed by atoms with Crippen molar-refractivity contribution in [3.63, 3.8) is 0 Å². The fraction of sp³-hybridized carbons (Fsp3) is 0.263. The smallest absolute Gasteiger partial charge is 0.357 e. The van der Waals surface area contributed by atoms with E-state index in [1.807, 2.05) is 19.9 Å². The number of hydrogen-bond acceptors (Lipinski definition) is 6. The molecular formula is C19H21FN4O3S. The topological polar surface area (TPSA) is 100 Å². The van der Waals surface area contributed by atoms with Crippen LogP contribution >= 0.6 is 0 Å². The largest absolute Gasteiger partial charge is 0.378 e. The maximum Gasteiger partial charge on any atom is 0.357 e. The molecule has 2 aromatic heterocycles. The summed E-state index contributed by atoms with van der Waals surface area (Å²) in [6.07, 6.45) is 3.27. The molecule has 1 aromatic carbocycles. The van der Waals surface area contributed by atoms with E-state index < -0.39 is 15.9 Å². The van der Waals surface area contributed by atoms with Gasteiger partial charge in [0.25, 0.3) is 0 Å². The van der Waals surface area contributed by atoms with E-state index in [4.69, 9.17) is 9.92 Å². The van der Waals surface area contributed by atoms with Gasteiger partial charge in [0.15, 0.2) is 5.03 Å². The third kappa shape index (κ3) is 4.20. The molecule has 0 amide bonds. The minimum absolute atomic E-state index is 0.0511. The molecule has 0 aliphatic heterocycles. The van der Waals surface area contributed by atoms with Gasteiger partial charge in [0.1, 0.15) is 17.4 Å². The van der Waals surface area contributed by atoms with Crippen LogP contribution in [0.2, 0.25) is 0 Å². The van der Waals surface area contributed by atoms with Crippen LogP contribution in [-0.2, 0) is 23.2 Å². The Morgan fingerprint density at radius 3 is 2.64 bits per heavy atom. The molecule has 0 fully saturated rings. The number of imidazole rings is 1. The lowest BCUT2D eigenvalue weighted by molar-refractivity contribution is 0.469. The molecule has 3 rings (SSSR count). The minimum Gasteiger partial charge on any atom is -0.378 e. The molecule has 0 radical (unpaired) electrons. The zero-order valence-corrected chi connectivity index (χ0v) is 16.4.